The molecule has 0 spiro atoms. The number of non-ortho nitro benzene ring substituents is 1. The minimum Gasteiger partial charge on any atom is -0.339 e. The van der Waals surface area contributed by atoms with Crippen LogP contribution in [0.3, 0.4) is 0 Å². The van der Waals surface area contributed by atoms with Crippen molar-refractivity contribution >= 4 is 5.69 Å². The zero-order valence-corrected chi connectivity index (χ0v) is 10.8. The summed E-state index contributed by atoms with van der Waals surface area (Å²) in [5, 5.41) is 14.6. The lowest BCUT2D eigenvalue weighted by Gasteiger charge is -2.36. The van der Waals surface area contributed by atoms with Crippen LogP contribution in [0.4, 0.5) is 5.69 Å². The molecule has 20 heavy (non-hydrogen) atoms. The van der Waals surface area contributed by atoms with E-state index in [0.717, 1.165) is 19.3 Å². The number of nitro benzene ring substituents is 1. The van der Waals surface area contributed by atoms with Gasteiger partial charge in [0, 0.05) is 29.7 Å². The van der Waals surface area contributed by atoms with Crippen LogP contribution < -0.4 is 5.73 Å². The summed E-state index contributed by atoms with van der Waals surface area (Å²) in [5.74, 6) is 0.834. The van der Waals surface area contributed by atoms with Crippen molar-refractivity contribution in [3.63, 3.8) is 0 Å². The monoisotopic (exact) mass is 274 g/mol. The van der Waals surface area contributed by atoms with E-state index in [1.165, 1.54) is 12.1 Å². The van der Waals surface area contributed by atoms with Gasteiger partial charge in [-0.3, -0.25) is 10.1 Å². The summed E-state index contributed by atoms with van der Waals surface area (Å²) in [6.45, 7) is 0. The molecule has 0 saturated heterocycles. The molecule has 1 saturated carbocycles. The van der Waals surface area contributed by atoms with Gasteiger partial charge in [0.25, 0.3) is 5.69 Å². The molecule has 3 rings (SSSR count). The molecule has 1 aromatic carbocycles. The average molecular weight is 274 g/mol. The highest BCUT2D eigenvalue weighted by atomic mass is 16.6. The lowest BCUT2D eigenvalue weighted by molar-refractivity contribution is -0.384. The van der Waals surface area contributed by atoms with E-state index in [1.54, 1.807) is 12.1 Å². The number of nitrogens with zero attached hydrogens (tertiary/aromatic N) is 3. The van der Waals surface area contributed by atoms with E-state index >= 15 is 0 Å². The molecule has 1 aromatic heterocycles. The van der Waals surface area contributed by atoms with Gasteiger partial charge in [0.2, 0.25) is 11.7 Å². The Bertz CT molecular complexity index is 649. The molecule has 104 valence electrons. The summed E-state index contributed by atoms with van der Waals surface area (Å²) in [5.41, 5.74) is 6.47. The summed E-state index contributed by atoms with van der Waals surface area (Å²) in [6, 6.07) is 6.16. The standard InChI is InChI=1S/C13H14N4O3/c14-13(5-2-6-13)8-11-15-12(16-20-11)9-3-1-4-10(7-9)17(18)19/h1,3-4,7H,2,5-6,8,14H2. The molecule has 0 radical (unpaired) electrons. The third-order valence-electron chi connectivity index (χ3n) is 3.64. The second-order valence-electron chi connectivity index (χ2n) is 5.21. The second kappa shape index (κ2) is 4.68. The van der Waals surface area contributed by atoms with Gasteiger partial charge in [-0.15, -0.1) is 0 Å². The first-order valence-corrected chi connectivity index (χ1v) is 6.42. The lowest BCUT2D eigenvalue weighted by atomic mass is 9.75. The second-order valence-corrected chi connectivity index (χ2v) is 5.21. The Hall–Kier alpha value is -2.28. The number of hydrogen-bond donors (Lipinski definition) is 1. The topological polar surface area (TPSA) is 108 Å². The maximum absolute atomic E-state index is 10.7. The molecule has 2 aromatic rings. The molecule has 0 atom stereocenters. The first-order valence-electron chi connectivity index (χ1n) is 6.42. The van der Waals surface area contributed by atoms with Crippen LogP contribution in [-0.4, -0.2) is 20.6 Å². The smallest absolute Gasteiger partial charge is 0.270 e. The SMILES string of the molecule is NC1(Cc2nc(-c3cccc([N+](=O)[O-])c3)no2)CCC1. The van der Waals surface area contributed by atoms with E-state index in [4.69, 9.17) is 10.3 Å². The molecule has 0 bridgehead atoms. The molecule has 1 aliphatic carbocycles. The fourth-order valence-corrected chi connectivity index (χ4v) is 2.31. The van der Waals surface area contributed by atoms with Gasteiger partial charge in [-0.25, -0.2) is 0 Å². The number of rotatable bonds is 4. The molecule has 2 N–H and O–H groups in total. The highest BCUT2D eigenvalue weighted by molar-refractivity contribution is 5.58. The normalized spacial score (nSPS) is 16.6. The highest BCUT2D eigenvalue weighted by Crippen LogP contribution is 2.32. The van der Waals surface area contributed by atoms with Gasteiger partial charge < -0.3 is 10.3 Å². The van der Waals surface area contributed by atoms with Gasteiger partial charge >= 0.3 is 0 Å². The van der Waals surface area contributed by atoms with Crippen LogP contribution >= 0.6 is 0 Å². The van der Waals surface area contributed by atoms with Gasteiger partial charge in [0.1, 0.15) is 0 Å². The van der Waals surface area contributed by atoms with Crippen molar-refractivity contribution < 1.29 is 9.45 Å². The summed E-state index contributed by atoms with van der Waals surface area (Å²) in [6.07, 6.45) is 3.60. The summed E-state index contributed by atoms with van der Waals surface area (Å²) in [4.78, 5) is 14.6. The van der Waals surface area contributed by atoms with E-state index < -0.39 is 4.92 Å². The minimum absolute atomic E-state index is 0.00291. The van der Waals surface area contributed by atoms with Crippen molar-refractivity contribution in [3.05, 3.63) is 40.3 Å². The minimum atomic E-state index is -0.451. The maximum Gasteiger partial charge on any atom is 0.270 e. The van der Waals surface area contributed by atoms with Crippen molar-refractivity contribution in [3.8, 4) is 11.4 Å². The van der Waals surface area contributed by atoms with E-state index in [2.05, 4.69) is 10.1 Å². The van der Waals surface area contributed by atoms with E-state index in [9.17, 15) is 10.1 Å². The number of hydrogen-bond acceptors (Lipinski definition) is 6. The number of benzene rings is 1. The van der Waals surface area contributed by atoms with Crippen LogP contribution in [0.2, 0.25) is 0 Å². The molecule has 0 amide bonds. The van der Waals surface area contributed by atoms with Crippen molar-refractivity contribution in [1.82, 2.24) is 10.1 Å². The van der Waals surface area contributed by atoms with Crippen LogP contribution in [0.25, 0.3) is 11.4 Å². The van der Waals surface area contributed by atoms with Crippen molar-refractivity contribution in [2.24, 2.45) is 5.73 Å². The van der Waals surface area contributed by atoms with Gasteiger partial charge in [0.15, 0.2) is 0 Å². The Morgan fingerprint density at radius 3 is 2.90 bits per heavy atom. The van der Waals surface area contributed by atoms with Crippen LogP contribution in [0, 0.1) is 10.1 Å². The van der Waals surface area contributed by atoms with Crippen molar-refractivity contribution in [1.29, 1.82) is 0 Å². The largest absolute Gasteiger partial charge is 0.339 e. The predicted molar refractivity (Wildman–Crippen MR) is 70.9 cm³/mol. The molecule has 7 nitrogen and oxygen atoms in total. The number of nitrogens with two attached hydrogens (primary N) is 1. The van der Waals surface area contributed by atoms with Crippen LogP contribution in [0.5, 0.6) is 0 Å². The molecule has 0 aliphatic heterocycles. The van der Waals surface area contributed by atoms with Crippen molar-refractivity contribution in [2.75, 3.05) is 0 Å². The maximum atomic E-state index is 10.7. The third kappa shape index (κ3) is 2.39. The molecular weight excluding hydrogens is 260 g/mol. The van der Waals surface area contributed by atoms with Crippen LogP contribution in [0.15, 0.2) is 28.8 Å². The molecule has 7 heteroatoms. The van der Waals surface area contributed by atoms with Gasteiger partial charge in [-0.2, -0.15) is 4.98 Å². The van der Waals surface area contributed by atoms with E-state index in [-0.39, 0.29) is 11.2 Å². The van der Waals surface area contributed by atoms with Gasteiger partial charge in [-0.05, 0) is 19.3 Å². The Balaban J connectivity index is 1.82. The average Bonchev–Trinajstić information content (AvgIpc) is 2.85. The molecular formula is C13H14N4O3. The Labute approximate surface area is 114 Å². The lowest BCUT2D eigenvalue weighted by Crippen LogP contribution is -2.48. The molecule has 0 unspecified atom stereocenters. The van der Waals surface area contributed by atoms with E-state index in [0.29, 0.717) is 23.7 Å². The summed E-state index contributed by atoms with van der Waals surface area (Å²) in [7, 11) is 0. The van der Waals surface area contributed by atoms with Gasteiger partial charge in [-0.1, -0.05) is 17.3 Å². The molecule has 1 aliphatic rings. The number of aromatic nitrogens is 2. The Kier molecular flexibility index (Phi) is 2.98. The summed E-state index contributed by atoms with van der Waals surface area (Å²) >= 11 is 0. The molecule has 1 fully saturated rings. The zero-order valence-electron chi connectivity index (χ0n) is 10.8. The van der Waals surface area contributed by atoms with Crippen LogP contribution in [-0.2, 0) is 6.42 Å². The fraction of sp³-hybridized carbons (Fsp3) is 0.385. The first-order chi connectivity index (χ1) is 9.56. The van der Waals surface area contributed by atoms with Crippen LogP contribution in [0.1, 0.15) is 25.2 Å². The van der Waals surface area contributed by atoms with E-state index in [1.807, 2.05) is 0 Å². The van der Waals surface area contributed by atoms with Gasteiger partial charge in [0.05, 0.1) is 4.92 Å². The zero-order chi connectivity index (χ0) is 14.2. The quantitative estimate of drug-likeness (QED) is 0.675. The fourth-order valence-electron chi connectivity index (χ4n) is 2.31. The Morgan fingerprint density at radius 2 is 2.25 bits per heavy atom. The third-order valence-corrected chi connectivity index (χ3v) is 3.64. The molecule has 1 heterocycles. The first kappa shape index (κ1) is 12.7. The Morgan fingerprint density at radius 1 is 1.45 bits per heavy atom. The summed E-state index contributed by atoms with van der Waals surface area (Å²) < 4.78 is 5.18. The highest BCUT2D eigenvalue weighted by Gasteiger charge is 2.34. The van der Waals surface area contributed by atoms with Crippen molar-refractivity contribution in [2.45, 2.75) is 31.2 Å². The predicted octanol–water partition coefficient (Wildman–Crippen LogP) is 2.07. The number of nitro groups is 1.